The molecule has 0 amide bonds. The summed E-state index contributed by atoms with van der Waals surface area (Å²) >= 11 is 1.68. The number of rotatable bonds is 3. The highest BCUT2D eigenvalue weighted by atomic mass is 32.1. The van der Waals surface area contributed by atoms with Crippen LogP contribution in [0.2, 0.25) is 0 Å². The second-order valence-electron chi connectivity index (χ2n) is 3.65. The number of guanidine groups is 1. The molecule has 0 fully saturated rings. The molecule has 1 aromatic heterocycles. The fourth-order valence-electron chi connectivity index (χ4n) is 1.31. The van der Waals surface area contributed by atoms with Crippen LogP contribution in [0.4, 0.5) is 0 Å². The minimum atomic E-state index is 0.791. The number of aromatic nitrogens is 1. The molecule has 0 aromatic carbocycles. The van der Waals surface area contributed by atoms with E-state index in [4.69, 9.17) is 0 Å². The number of thiazole rings is 1. The summed E-state index contributed by atoms with van der Waals surface area (Å²) in [6.45, 7) is 0.791. The average Bonchev–Trinajstić information content (AvgIpc) is 2.63. The fraction of sp³-hybridized carbons (Fsp3) is 0.600. The van der Waals surface area contributed by atoms with E-state index in [0.717, 1.165) is 23.9 Å². The monoisotopic (exact) mass is 226 g/mol. The molecular weight excluding hydrogens is 208 g/mol. The lowest BCUT2D eigenvalue weighted by Crippen LogP contribution is -2.35. The van der Waals surface area contributed by atoms with E-state index < -0.39 is 0 Å². The van der Waals surface area contributed by atoms with Crippen molar-refractivity contribution >= 4 is 17.3 Å². The summed E-state index contributed by atoms with van der Waals surface area (Å²) in [5, 5.41) is 3.15. The topological polar surface area (TPSA) is 31.7 Å². The van der Waals surface area contributed by atoms with E-state index in [9.17, 15) is 0 Å². The van der Waals surface area contributed by atoms with Crippen LogP contribution in [0.15, 0.2) is 16.6 Å². The van der Waals surface area contributed by atoms with Crippen LogP contribution in [0, 0.1) is 0 Å². The first-order valence-electron chi connectivity index (χ1n) is 4.88. The highest BCUT2D eigenvalue weighted by Gasteiger charge is 2.03. The molecule has 1 rings (SSSR count). The van der Waals surface area contributed by atoms with Gasteiger partial charge in [0, 0.05) is 52.7 Å². The molecule has 15 heavy (non-hydrogen) atoms. The smallest absolute Gasteiger partial charge is 0.195 e. The van der Waals surface area contributed by atoms with Crippen molar-refractivity contribution in [1.82, 2.24) is 14.8 Å². The van der Waals surface area contributed by atoms with Crippen LogP contribution in [0.1, 0.15) is 5.01 Å². The van der Waals surface area contributed by atoms with E-state index in [1.165, 1.54) is 0 Å². The third-order valence-corrected chi connectivity index (χ3v) is 2.70. The lowest BCUT2D eigenvalue weighted by Gasteiger charge is -2.22. The van der Waals surface area contributed by atoms with Crippen LogP contribution in [-0.2, 0) is 6.42 Å². The SMILES string of the molecule is CN(C)C(=NCCc1nccs1)N(C)C. The first kappa shape index (κ1) is 12.0. The minimum absolute atomic E-state index is 0.791. The van der Waals surface area contributed by atoms with Gasteiger partial charge in [-0.3, -0.25) is 4.99 Å². The molecule has 0 atom stereocenters. The predicted octanol–water partition coefficient (Wildman–Crippen LogP) is 1.16. The van der Waals surface area contributed by atoms with Gasteiger partial charge in [-0.1, -0.05) is 0 Å². The fourth-order valence-corrected chi connectivity index (χ4v) is 1.92. The average molecular weight is 226 g/mol. The maximum absolute atomic E-state index is 4.53. The van der Waals surface area contributed by atoms with E-state index in [1.54, 1.807) is 11.3 Å². The summed E-state index contributed by atoms with van der Waals surface area (Å²) in [7, 11) is 8.01. The molecule has 0 aliphatic heterocycles. The number of nitrogens with zero attached hydrogens (tertiary/aromatic N) is 4. The van der Waals surface area contributed by atoms with Crippen molar-refractivity contribution in [2.24, 2.45) is 4.99 Å². The molecule has 0 N–H and O–H groups in total. The lowest BCUT2D eigenvalue weighted by atomic mass is 10.4. The summed E-state index contributed by atoms with van der Waals surface area (Å²) in [4.78, 5) is 12.8. The Hall–Kier alpha value is -1.10. The zero-order valence-corrected chi connectivity index (χ0v) is 10.6. The molecule has 1 aromatic rings. The third-order valence-electron chi connectivity index (χ3n) is 1.86. The van der Waals surface area contributed by atoms with Crippen molar-refractivity contribution in [2.75, 3.05) is 34.7 Å². The van der Waals surface area contributed by atoms with Gasteiger partial charge in [-0.05, 0) is 0 Å². The summed E-state index contributed by atoms with van der Waals surface area (Å²) in [6, 6.07) is 0. The van der Waals surface area contributed by atoms with Gasteiger partial charge >= 0.3 is 0 Å². The summed E-state index contributed by atoms with van der Waals surface area (Å²) in [5.41, 5.74) is 0. The van der Waals surface area contributed by atoms with Gasteiger partial charge < -0.3 is 9.80 Å². The normalized spacial score (nSPS) is 9.87. The summed E-state index contributed by atoms with van der Waals surface area (Å²) < 4.78 is 0. The highest BCUT2D eigenvalue weighted by molar-refractivity contribution is 7.09. The third kappa shape index (κ3) is 3.87. The Morgan fingerprint density at radius 2 is 2.00 bits per heavy atom. The second-order valence-corrected chi connectivity index (χ2v) is 4.63. The van der Waals surface area contributed by atoms with Gasteiger partial charge in [0.1, 0.15) is 0 Å². The zero-order chi connectivity index (χ0) is 11.3. The van der Waals surface area contributed by atoms with E-state index in [1.807, 2.05) is 49.6 Å². The lowest BCUT2D eigenvalue weighted by molar-refractivity contribution is 0.479. The quantitative estimate of drug-likeness (QED) is 0.573. The number of hydrogen-bond donors (Lipinski definition) is 0. The minimum Gasteiger partial charge on any atom is -0.349 e. The van der Waals surface area contributed by atoms with Crippen molar-refractivity contribution in [2.45, 2.75) is 6.42 Å². The van der Waals surface area contributed by atoms with Gasteiger partial charge in [0.25, 0.3) is 0 Å². The van der Waals surface area contributed by atoms with Crippen LogP contribution in [0.5, 0.6) is 0 Å². The van der Waals surface area contributed by atoms with E-state index >= 15 is 0 Å². The largest absolute Gasteiger partial charge is 0.349 e. The van der Waals surface area contributed by atoms with Gasteiger partial charge in [-0.25, -0.2) is 4.98 Å². The van der Waals surface area contributed by atoms with E-state index in [-0.39, 0.29) is 0 Å². The standard InChI is InChI=1S/C10H18N4S/c1-13(2)10(14(3)4)12-6-5-9-11-7-8-15-9/h7-8H,5-6H2,1-4H3. The highest BCUT2D eigenvalue weighted by Crippen LogP contribution is 2.04. The molecule has 0 saturated carbocycles. The Balaban J connectivity index is 2.47. The second kappa shape index (κ2) is 5.70. The van der Waals surface area contributed by atoms with E-state index in [2.05, 4.69) is 9.98 Å². The molecule has 0 bridgehead atoms. The van der Waals surface area contributed by atoms with Crippen LogP contribution in [0.3, 0.4) is 0 Å². The molecule has 0 aliphatic carbocycles. The van der Waals surface area contributed by atoms with E-state index in [0.29, 0.717) is 0 Å². The summed E-state index contributed by atoms with van der Waals surface area (Å²) in [6.07, 6.45) is 2.76. The Bertz CT molecular complexity index is 293. The molecule has 1 heterocycles. The number of aliphatic imine (C=N–C) groups is 1. The number of hydrogen-bond acceptors (Lipinski definition) is 3. The molecule has 0 radical (unpaired) electrons. The van der Waals surface area contributed by atoms with Gasteiger partial charge in [0.15, 0.2) is 5.96 Å². The first-order chi connectivity index (χ1) is 7.11. The van der Waals surface area contributed by atoms with Crippen molar-refractivity contribution in [1.29, 1.82) is 0 Å². The molecule has 0 spiro atoms. The molecule has 0 saturated heterocycles. The molecular formula is C10H18N4S. The van der Waals surface area contributed by atoms with Gasteiger partial charge in [0.2, 0.25) is 0 Å². The Labute approximate surface area is 95.3 Å². The van der Waals surface area contributed by atoms with Crippen molar-refractivity contribution in [3.05, 3.63) is 16.6 Å². The maximum Gasteiger partial charge on any atom is 0.195 e. The first-order valence-corrected chi connectivity index (χ1v) is 5.76. The zero-order valence-electron chi connectivity index (χ0n) is 9.77. The maximum atomic E-state index is 4.53. The Morgan fingerprint density at radius 1 is 1.33 bits per heavy atom. The van der Waals surface area contributed by atoms with Crippen LogP contribution >= 0.6 is 11.3 Å². The predicted molar refractivity (Wildman–Crippen MR) is 65.5 cm³/mol. The molecule has 5 heteroatoms. The Morgan fingerprint density at radius 3 is 2.47 bits per heavy atom. The van der Waals surface area contributed by atoms with Gasteiger partial charge in [0.05, 0.1) is 5.01 Å². The van der Waals surface area contributed by atoms with Crippen molar-refractivity contribution in [3.63, 3.8) is 0 Å². The van der Waals surface area contributed by atoms with Gasteiger partial charge in [-0.2, -0.15) is 0 Å². The van der Waals surface area contributed by atoms with Crippen LogP contribution in [-0.4, -0.2) is 55.5 Å². The van der Waals surface area contributed by atoms with Crippen LogP contribution in [0.25, 0.3) is 0 Å². The van der Waals surface area contributed by atoms with Crippen molar-refractivity contribution in [3.8, 4) is 0 Å². The van der Waals surface area contributed by atoms with Crippen LogP contribution < -0.4 is 0 Å². The van der Waals surface area contributed by atoms with Gasteiger partial charge in [-0.15, -0.1) is 11.3 Å². The molecule has 0 unspecified atom stereocenters. The van der Waals surface area contributed by atoms with Crippen molar-refractivity contribution < 1.29 is 0 Å². The molecule has 0 aliphatic rings. The molecule has 4 nitrogen and oxygen atoms in total. The molecule has 84 valence electrons. The Kier molecular flexibility index (Phi) is 4.55. The summed E-state index contributed by atoms with van der Waals surface area (Å²) in [5.74, 6) is 0.992.